The zero-order valence-corrected chi connectivity index (χ0v) is 8.98. The molecule has 0 bridgehead atoms. The van der Waals surface area contributed by atoms with E-state index in [1.165, 1.54) is 0 Å². The summed E-state index contributed by atoms with van der Waals surface area (Å²) in [6.45, 7) is 3.88. The average molecular weight is 193 g/mol. The molecule has 1 atom stereocenters. The van der Waals surface area contributed by atoms with Crippen LogP contribution in [0.5, 0.6) is 0 Å². The van der Waals surface area contributed by atoms with Gasteiger partial charge in [-0.05, 0) is 25.6 Å². The van der Waals surface area contributed by atoms with Gasteiger partial charge in [0.2, 0.25) is 0 Å². The molecule has 0 fully saturated rings. The lowest BCUT2D eigenvalue weighted by Gasteiger charge is -2.19. The van der Waals surface area contributed by atoms with Gasteiger partial charge in [0.1, 0.15) is 0 Å². The summed E-state index contributed by atoms with van der Waals surface area (Å²) in [5.41, 5.74) is 0.996. The molecule has 0 saturated carbocycles. The highest BCUT2D eigenvalue weighted by Crippen LogP contribution is 2.12. The van der Waals surface area contributed by atoms with Gasteiger partial charge in [-0.3, -0.25) is 0 Å². The summed E-state index contributed by atoms with van der Waals surface area (Å²) in [6.07, 6.45) is 0.755. The number of rotatable bonds is 5. The van der Waals surface area contributed by atoms with Crippen molar-refractivity contribution in [3.8, 4) is 0 Å². The largest absolute Gasteiger partial charge is 0.387 e. The molecule has 0 spiro atoms. The fraction of sp³-hybridized carbons (Fsp3) is 0.500. The van der Waals surface area contributed by atoms with Crippen molar-refractivity contribution >= 4 is 0 Å². The Balaban J connectivity index is 2.46. The Morgan fingerprint density at radius 3 is 2.50 bits per heavy atom. The van der Waals surface area contributed by atoms with E-state index >= 15 is 0 Å². The third-order valence-corrected chi connectivity index (χ3v) is 2.27. The lowest BCUT2D eigenvalue weighted by molar-refractivity contribution is 0.127. The third kappa shape index (κ3) is 3.48. The monoisotopic (exact) mass is 193 g/mol. The second-order valence-corrected chi connectivity index (χ2v) is 3.69. The molecule has 0 aliphatic carbocycles. The minimum absolute atomic E-state index is 0.368. The molecule has 1 aromatic carbocycles. The summed E-state index contributed by atoms with van der Waals surface area (Å²) in [4.78, 5) is 2.15. The van der Waals surface area contributed by atoms with E-state index in [9.17, 15) is 5.11 Å². The van der Waals surface area contributed by atoms with Gasteiger partial charge < -0.3 is 10.0 Å². The lowest BCUT2D eigenvalue weighted by Crippen LogP contribution is -2.25. The Morgan fingerprint density at radius 1 is 1.29 bits per heavy atom. The highest BCUT2D eigenvalue weighted by Gasteiger charge is 2.08. The Bertz CT molecular complexity index is 248. The van der Waals surface area contributed by atoms with Gasteiger partial charge in [0.05, 0.1) is 6.10 Å². The highest BCUT2D eigenvalue weighted by atomic mass is 16.3. The summed E-state index contributed by atoms with van der Waals surface area (Å²) in [5, 5.41) is 9.88. The molecular formula is C12H19NO. The first-order valence-electron chi connectivity index (χ1n) is 5.15. The first kappa shape index (κ1) is 11.2. The van der Waals surface area contributed by atoms with Gasteiger partial charge in [0, 0.05) is 6.54 Å². The van der Waals surface area contributed by atoms with E-state index in [0.29, 0.717) is 6.54 Å². The van der Waals surface area contributed by atoms with Crippen LogP contribution < -0.4 is 0 Å². The maximum atomic E-state index is 9.88. The molecule has 0 radical (unpaired) electrons. The average Bonchev–Trinajstić information content (AvgIpc) is 2.19. The SMILES string of the molecule is CCCN(C)C[C@@H](O)c1ccccc1. The molecule has 0 aliphatic rings. The maximum Gasteiger partial charge on any atom is 0.0916 e. The van der Waals surface area contributed by atoms with E-state index < -0.39 is 0 Å². The van der Waals surface area contributed by atoms with Gasteiger partial charge in [-0.1, -0.05) is 37.3 Å². The van der Waals surface area contributed by atoms with E-state index in [1.807, 2.05) is 37.4 Å². The Morgan fingerprint density at radius 2 is 1.93 bits per heavy atom. The second kappa shape index (κ2) is 5.78. The van der Waals surface area contributed by atoms with E-state index in [-0.39, 0.29) is 6.10 Å². The quantitative estimate of drug-likeness (QED) is 0.773. The Labute approximate surface area is 86.2 Å². The van der Waals surface area contributed by atoms with E-state index in [4.69, 9.17) is 0 Å². The topological polar surface area (TPSA) is 23.5 Å². The molecule has 1 N–H and O–H groups in total. The fourth-order valence-corrected chi connectivity index (χ4v) is 1.55. The summed E-state index contributed by atoms with van der Waals surface area (Å²) < 4.78 is 0. The van der Waals surface area contributed by atoms with Gasteiger partial charge >= 0.3 is 0 Å². The minimum atomic E-state index is -0.368. The van der Waals surface area contributed by atoms with E-state index in [2.05, 4.69) is 11.8 Å². The molecule has 2 nitrogen and oxygen atoms in total. The molecular weight excluding hydrogens is 174 g/mol. The van der Waals surface area contributed by atoms with Crippen LogP contribution in [-0.4, -0.2) is 30.1 Å². The molecule has 0 heterocycles. The molecule has 1 rings (SSSR count). The molecule has 0 unspecified atom stereocenters. The molecule has 0 aromatic heterocycles. The van der Waals surface area contributed by atoms with Crippen LogP contribution in [0, 0.1) is 0 Å². The smallest absolute Gasteiger partial charge is 0.0916 e. The summed E-state index contributed by atoms with van der Waals surface area (Å²) >= 11 is 0. The Kier molecular flexibility index (Phi) is 4.63. The first-order valence-corrected chi connectivity index (χ1v) is 5.15. The van der Waals surface area contributed by atoms with Gasteiger partial charge in [-0.25, -0.2) is 0 Å². The lowest BCUT2D eigenvalue weighted by atomic mass is 10.1. The standard InChI is InChI=1S/C12H19NO/c1-3-9-13(2)10-12(14)11-7-5-4-6-8-11/h4-8,12,14H,3,9-10H2,1-2H3/t12-/m1/s1. The summed E-state index contributed by atoms with van der Waals surface area (Å²) in [6, 6.07) is 9.80. The molecule has 0 aliphatic heterocycles. The van der Waals surface area contributed by atoms with Crippen LogP contribution in [-0.2, 0) is 0 Å². The predicted octanol–water partition coefficient (Wildman–Crippen LogP) is 2.06. The van der Waals surface area contributed by atoms with Crippen molar-refractivity contribution in [2.75, 3.05) is 20.1 Å². The van der Waals surface area contributed by atoms with Crippen LogP contribution in [0.2, 0.25) is 0 Å². The van der Waals surface area contributed by atoms with Crippen molar-refractivity contribution in [2.24, 2.45) is 0 Å². The van der Waals surface area contributed by atoms with E-state index in [1.54, 1.807) is 0 Å². The van der Waals surface area contributed by atoms with Crippen molar-refractivity contribution in [3.63, 3.8) is 0 Å². The summed E-state index contributed by atoms with van der Waals surface area (Å²) in [7, 11) is 2.04. The normalized spacial score (nSPS) is 13.1. The maximum absolute atomic E-state index is 9.88. The van der Waals surface area contributed by atoms with Crippen LogP contribution in [0.4, 0.5) is 0 Å². The van der Waals surface area contributed by atoms with Gasteiger partial charge in [0.15, 0.2) is 0 Å². The fourth-order valence-electron chi connectivity index (χ4n) is 1.55. The number of nitrogens with zero attached hydrogens (tertiary/aromatic N) is 1. The number of hydrogen-bond acceptors (Lipinski definition) is 2. The van der Waals surface area contributed by atoms with E-state index in [0.717, 1.165) is 18.5 Å². The molecule has 14 heavy (non-hydrogen) atoms. The van der Waals surface area contributed by atoms with Gasteiger partial charge in [-0.15, -0.1) is 0 Å². The van der Waals surface area contributed by atoms with Crippen LogP contribution in [0.15, 0.2) is 30.3 Å². The zero-order valence-electron chi connectivity index (χ0n) is 8.98. The zero-order chi connectivity index (χ0) is 10.4. The second-order valence-electron chi connectivity index (χ2n) is 3.69. The van der Waals surface area contributed by atoms with Crippen LogP contribution in [0.25, 0.3) is 0 Å². The van der Waals surface area contributed by atoms with Crippen molar-refractivity contribution in [1.82, 2.24) is 4.90 Å². The van der Waals surface area contributed by atoms with Crippen LogP contribution >= 0.6 is 0 Å². The van der Waals surface area contributed by atoms with Gasteiger partial charge in [0.25, 0.3) is 0 Å². The number of aliphatic hydroxyl groups is 1. The van der Waals surface area contributed by atoms with Crippen molar-refractivity contribution < 1.29 is 5.11 Å². The Hall–Kier alpha value is -0.860. The summed E-state index contributed by atoms with van der Waals surface area (Å²) in [5.74, 6) is 0. The number of likely N-dealkylation sites (N-methyl/N-ethyl adjacent to an activating group) is 1. The third-order valence-electron chi connectivity index (χ3n) is 2.27. The first-order chi connectivity index (χ1) is 6.74. The number of benzene rings is 1. The molecule has 2 heteroatoms. The molecule has 1 aromatic rings. The van der Waals surface area contributed by atoms with Crippen LogP contribution in [0.1, 0.15) is 25.0 Å². The molecule has 0 amide bonds. The van der Waals surface area contributed by atoms with Crippen molar-refractivity contribution in [2.45, 2.75) is 19.4 Å². The number of hydrogen-bond donors (Lipinski definition) is 1. The van der Waals surface area contributed by atoms with Gasteiger partial charge in [-0.2, -0.15) is 0 Å². The molecule has 78 valence electrons. The minimum Gasteiger partial charge on any atom is -0.387 e. The molecule has 0 saturated heterocycles. The van der Waals surface area contributed by atoms with Crippen LogP contribution in [0.3, 0.4) is 0 Å². The number of aliphatic hydroxyl groups excluding tert-OH is 1. The van der Waals surface area contributed by atoms with Crippen molar-refractivity contribution in [3.05, 3.63) is 35.9 Å². The van der Waals surface area contributed by atoms with Crippen molar-refractivity contribution in [1.29, 1.82) is 0 Å². The highest BCUT2D eigenvalue weighted by molar-refractivity contribution is 5.17. The predicted molar refractivity (Wildman–Crippen MR) is 59.2 cm³/mol.